The molecule has 1 aliphatic carbocycles. The van der Waals surface area contributed by atoms with E-state index in [1.165, 1.54) is 9.70 Å². The van der Waals surface area contributed by atoms with E-state index in [1.807, 2.05) is 12.2 Å². The van der Waals surface area contributed by atoms with E-state index in [9.17, 15) is 24.3 Å². The lowest BCUT2D eigenvalue weighted by atomic mass is 10.0. The second-order valence-electron chi connectivity index (χ2n) is 13.4. The van der Waals surface area contributed by atoms with Crippen LogP contribution in [0.4, 0.5) is 4.79 Å². The fraction of sp³-hybridized carbons (Fsp3) is 0.545. The summed E-state index contributed by atoms with van der Waals surface area (Å²) in [6.45, 7) is 9.24. The maximum absolute atomic E-state index is 14.2. The van der Waals surface area contributed by atoms with Gasteiger partial charge in [0, 0.05) is 24.4 Å². The average Bonchev–Trinajstić information content (AvgIpc) is 3.32. The Balaban J connectivity index is 1.43. The minimum absolute atomic E-state index is 0.0423. The van der Waals surface area contributed by atoms with E-state index in [0.29, 0.717) is 41.1 Å². The highest BCUT2D eigenvalue weighted by Gasteiger charge is 2.61. The molecule has 14 nitrogen and oxygen atoms in total. The highest BCUT2D eigenvalue weighted by Crippen LogP contribution is 2.45. The standard InChI is InChI=1S/C33H42BrN7O7/c1-5-15-47-26-14-13-20(16-23(26)34)27-37-39-41(38-27)22-17-25-28(42)36-33(30(44)45)18-21(33)11-9-7-6-8-10-12-24(29(43)40(25)19-22)35-31(46)48-32(2,3)4/h5,9,11,13-14,16,21-22,24-25H,1,6-8,10,12,15,17-19H2,2-4H3,(H,35,46)(H,36,42)(H,44,45)/b11-9-/t21-,22+,24+,25+,33+/m1/s1. The van der Waals surface area contributed by atoms with Gasteiger partial charge in [-0.2, -0.15) is 4.80 Å². The van der Waals surface area contributed by atoms with Gasteiger partial charge >= 0.3 is 12.1 Å². The summed E-state index contributed by atoms with van der Waals surface area (Å²) in [6, 6.07) is 2.81. The van der Waals surface area contributed by atoms with E-state index in [2.05, 4.69) is 48.6 Å². The normalized spacial score (nSPS) is 27.0. The molecule has 48 heavy (non-hydrogen) atoms. The van der Waals surface area contributed by atoms with E-state index < -0.39 is 53.1 Å². The summed E-state index contributed by atoms with van der Waals surface area (Å²) in [4.78, 5) is 56.1. The number of nitrogens with one attached hydrogen (secondary N) is 2. The van der Waals surface area contributed by atoms with Crippen molar-refractivity contribution in [2.45, 2.75) is 95.0 Å². The smallest absolute Gasteiger partial charge is 0.408 e. The number of tetrazole rings is 1. The molecule has 1 saturated carbocycles. The number of carboxylic acids is 1. The summed E-state index contributed by atoms with van der Waals surface area (Å²) < 4.78 is 11.8. The number of carbonyl (C=O) groups is 4. The molecule has 2 fully saturated rings. The van der Waals surface area contributed by atoms with Gasteiger partial charge in [-0.3, -0.25) is 9.59 Å². The van der Waals surface area contributed by atoms with Crippen molar-refractivity contribution in [2.75, 3.05) is 13.2 Å². The van der Waals surface area contributed by atoms with Gasteiger partial charge in [0.15, 0.2) is 0 Å². The fourth-order valence-electron chi connectivity index (χ4n) is 6.10. The van der Waals surface area contributed by atoms with Gasteiger partial charge in [0.25, 0.3) is 0 Å². The van der Waals surface area contributed by atoms with Gasteiger partial charge in [-0.15, -0.1) is 10.2 Å². The second-order valence-corrected chi connectivity index (χ2v) is 14.3. The van der Waals surface area contributed by atoms with Gasteiger partial charge in [0.1, 0.15) is 35.6 Å². The zero-order valence-electron chi connectivity index (χ0n) is 27.4. The first-order valence-electron chi connectivity index (χ1n) is 16.2. The van der Waals surface area contributed by atoms with Crippen LogP contribution in [0.2, 0.25) is 0 Å². The van der Waals surface area contributed by atoms with Gasteiger partial charge in [0.2, 0.25) is 17.6 Å². The second kappa shape index (κ2) is 14.5. The van der Waals surface area contributed by atoms with Gasteiger partial charge in [-0.25, -0.2) is 9.59 Å². The number of alkyl carbamates (subject to hydrolysis) is 1. The third-order valence-electron chi connectivity index (χ3n) is 8.63. The Labute approximate surface area is 287 Å². The van der Waals surface area contributed by atoms with Crippen molar-refractivity contribution in [3.8, 4) is 17.1 Å². The van der Waals surface area contributed by atoms with Crippen LogP contribution < -0.4 is 15.4 Å². The number of halogens is 1. The minimum atomic E-state index is -1.44. The molecule has 1 saturated heterocycles. The van der Waals surface area contributed by atoms with E-state index >= 15 is 0 Å². The zero-order valence-corrected chi connectivity index (χ0v) is 28.9. The highest BCUT2D eigenvalue weighted by atomic mass is 79.9. The van der Waals surface area contributed by atoms with Crippen molar-refractivity contribution >= 4 is 39.8 Å². The number of carbonyl (C=O) groups excluding carboxylic acids is 3. The number of amides is 3. The Hall–Kier alpha value is -4.27. The number of nitrogens with zero attached hydrogens (tertiary/aromatic N) is 5. The van der Waals surface area contributed by atoms with Crippen molar-refractivity contribution in [1.29, 1.82) is 0 Å². The monoisotopic (exact) mass is 727 g/mol. The summed E-state index contributed by atoms with van der Waals surface area (Å²) in [6.07, 6.45) is 8.46. The van der Waals surface area contributed by atoms with Crippen LogP contribution in [0.25, 0.3) is 11.4 Å². The molecule has 2 aromatic rings. The molecule has 0 spiro atoms. The third kappa shape index (κ3) is 8.05. The summed E-state index contributed by atoms with van der Waals surface area (Å²) in [7, 11) is 0. The molecular formula is C33H42BrN7O7. The molecule has 1 aromatic heterocycles. The van der Waals surface area contributed by atoms with Gasteiger partial charge < -0.3 is 30.1 Å². The molecule has 258 valence electrons. The quantitative estimate of drug-likeness (QED) is 0.351. The SMILES string of the molecule is C=CCOc1ccc(-c2nnn([C@H]3C[C@H]4C(=O)N[C@@]5(C(=O)O)C[C@H]5/C=C\CCCCC[C@H](NC(=O)OC(C)(C)C)C(=O)N4C3)n2)cc1Br. The first kappa shape index (κ1) is 35.0. The Morgan fingerprint density at radius 1 is 1.25 bits per heavy atom. The largest absolute Gasteiger partial charge is 0.488 e. The number of hydrogen-bond acceptors (Lipinski definition) is 9. The number of ether oxygens (including phenoxy) is 2. The molecular weight excluding hydrogens is 686 g/mol. The van der Waals surface area contributed by atoms with Gasteiger partial charge in [-0.05, 0) is 85.8 Å². The number of fused-ring (bicyclic) bond motifs is 2. The number of aliphatic carboxylic acids is 1. The Kier molecular flexibility index (Phi) is 10.6. The van der Waals surface area contributed by atoms with Crippen molar-refractivity contribution < 1.29 is 33.8 Å². The van der Waals surface area contributed by atoms with Gasteiger partial charge in [-0.1, -0.05) is 37.6 Å². The maximum Gasteiger partial charge on any atom is 0.408 e. The number of rotatable bonds is 7. The van der Waals surface area contributed by atoms with Crippen molar-refractivity contribution in [1.82, 2.24) is 35.7 Å². The lowest BCUT2D eigenvalue weighted by molar-refractivity contribution is -0.145. The number of benzene rings is 1. The van der Waals surface area contributed by atoms with E-state index in [-0.39, 0.29) is 25.3 Å². The van der Waals surface area contributed by atoms with Crippen LogP contribution in [0.15, 0.2) is 47.5 Å². The summed E-state index contributed by atoms with van der Waals surface area (Å²) in [5.74, 6) is -1.58. The Morgan fingerprint density at radius 2 is 2.04 bits per heavy atom. The summed E-state index contributed by atoms with van der Waals surface area (Å²) >= 11 is 3.50. The Morgan fingerprint density at radius 3 is 2.75 bits per heavy atom. The molecule has 5 atom stereocenters. The van der Waals surface area contributed by atoms with E-state index in [1.54, 1.807) is 45.0 Å². The number of aromatic nitrogens is 4. The van der Waals surface area contributed by atoms with E-state index in [0.717, 1.165) is 19.3 Å². The summed E-state index contributed by atoms with van der Waals surface area (Å²) in [5.41, 5.74) is -1.56. The van der Waals surface area contributed by atoms with Crippen LogP contribution in [-0.2, 0) is 19.1 Å². The number of carboxylic acid groups (broad SMARTS) is 1. The first-order valence-corrected chi connectivity index (χ1v) is 17.0. The lowest BCUT2D eigenvalue weighted by Crippen LogP contribution is -2.56. The van der Waals surface area contributed by atoms with Crippen LogP contribution >= 0.6 is 15.9 Å². The van der Waals surface area contributed by atoms with Crippen molar-refractivity contribution in [3.05, 3.63) is 47.5 Å². The Bertz CT molecular complexity index is 1590. The van der Waals surface area contributed by atoms with Crippen LogP contribution in [0.5, 0.6) is 5.75 Å². The maximum atomic E-state index is 14.2. The molecule has 3 heterocycles. The molecule has 0 unspecified atom stereocenters. The molecule has 1 aromatic carbocycles. The number of allylic oxidation sites excluding steroid dienone is 1. The molecule has 3 aliphatic rings. The highest BCUT2D eigenvalue weighted by molar-refractivity contribution is 9.10. The van der Waals surface area contributed by atoms with Crippen LogP contribution in [0.1, 0.15) is 71.8 Å². The predicted molar refractivity (Wildman–Crippen MR) is 178 cm³/mol. The van der Waals surface area contributed by atoms with Crippen molar-refractivity contribution in [3.63, 3.8) is 0 Å². The number of hydrogen-bond donors (Lipinski definition) is 3. The first-order chi connectivity index (χ1) is 22.8. The predicted octanol–water partition coefficient (Wildman–Crippen LogP) is 4.18. The molecule has 5 rings (SSSR count). The minimum Gasteiger partial charge on any atom is -0.488 e. The van der Waals surface area contributed by atoms with Crippen LogP contribution in [0, 0.1) is 5.92 Å². The fourth-order valence-corrected chi connectivity index (χ4v) is 6.59. The molecule has 2 aliphatic heterocycles. The lowest BCUT2D eigenvalue weighted by Gasteiger charge is -2.30. The molecule has 3 amide bonds. The average molecular weight is 729 g/mol. The topological polar surface area (TPSA) is 178 Å². The van der Waals surface area contributed by atoms with Crippen molar-refractivity contribution in [2.24, 2.45) is 5.92 Å². The van der Waals surface area contributed by atoms with Gasteiger partial charge in [0.05, 0.1) is 10.5 Å². The third-order valence-corrected chi connectivity index (χ3v) is 9.25. The van der Waals surface area contributed by atoms with Crippen LogP contribution in [-0.4, -0.2) is 90.5 Å². The molecule has 3 N–H and O–H groups in total. The van der Waals surface area contributed by atoms with Crippen LogP contribution in [0.3, 0.4) is 0 Å². The zero-order chi connectivity index (χ0) is 34.6. The summed E-state index contributed by atoms with van der Waals surface area (Å²) in [5, 5.41) is 28.7. The molecule has 0 bridgehead atoms. The molecule has 0 radical (unpaired) electrons. The van der Waals surface area contributed by atoms with E-state index in [4.69, 9.17) is 9.47 Å². The molecule has 15 heteroatoms.